The average Bonchev–Trinajstić information content (AvgIpc) is 3.31. The Balaban J connectivity index is 1.39. The molecule has 136 valence electrons. The van der Waals surface area contributed by atoms with Gasteiger partial charge < -0.3 is 19.3 Å². The minimum Gasteiger partial charge on any atom is -0.377 e. The Labute approximate surface area is 149 Å². The maximum Gasteiger partial charge on any atom is 0.320 e. The van der Waals surface area contributed by atoms with Crippen LogP contribution in [0.4, 0.5) is 4.79 Å². The van der Waals surface area contributed by atoms with Gasteiger partial charge in [0.15, 0.2) is 0 Å². The lowest BCUT2D eigenvalue weighted by molar-refractivity contribution is -0.0596. The number of urea groups is 1. The highest BCUT2D eigenvalue weighted by molar-refractivity contribution is 5.75. The Morgan fingerprint density at radius 1 is 1.24 bits per heavy atom. The van der Waals surface area contributed by atoms with Crippen LogP contribution in [0.25, 0.3) is 0 Å². The van der Waals surface area contributed by atoms with E-state index in [0.717, 1.165) is 64.0 Å². The fourth-order valence-electron chi connectivity index (χ4n) is 4.38. The van der Waals surface area contributed by atoms with Gasteiger partial charge in [0.25, 0.3) is 0 Å². The lowest BCUT2D eigenvalue weighted by Crippen LogP contribution is -2.56. The second-order valence-corrected chi connectivity index (χ2v) is 7.51. The van der Waals surface area contributed by atoms with E-state index < -0.39 is 0 Å². The van der Waals surface area contributed by atoms with Crippen LogP contribution in [0.15, 0.2) is 24.5 Å². The van der Waals surface area contributed by atoms with Crippen molar-refractivity contribution in [2.75, 3.05) is 39.4 Å². The van der Waals surface area contributed by atoms with Gasteiger partial charge in [-0.2, -0.15) is 0 Å². The van der Waals surface area contributed by atoms with Crippen LogP contribution < -0.4 is 0 Å². The number of ether oxygens (including phenoxy) is 2. The number of aromatic nitrogens is 1. The zero-order valence-electron chi connectivity index (χ0n) is 14.7. The minimum absolute atomic E-state index is 0.0549. The highest BCUT2D eigenvalue weighted by Gasteiger charge is 2.49. The fourth-order valence-corrected chi connectivity index (χ4v) is 4.38. The summed E-state index contributed by atoms with van der Waals surface area (Å²) < 4.78 is 12.0. The summed E-state index contributed by atoms with van der Waals surface area (Å²) in [6.07, 6.45) is 7.94. The molecule has 0 spiro atoms. The Bertz CT molecular complexity index is 591. The van der Waals surface area contributed by atoms with Crippen molar-refractivity contribution in [1.29, 1.82) is 0 Å². The van der Waals surface area contributed by atoms with Crippen LogP contribution in [0.5, 0.6) is 0 Å². The van der Waals surface area contributed by atoms with Crippen molar-refractivity contribution < 1.29 is 14.3 Å². The highest BCUT2D eigenvalue weighted by atomic mass is 16.5. The number of pyridine rings is 1. The first-order valence-corrected chi connectivity index (χ1v) is 9.39. The van der Waals surface area contributed by atoms with Crippen molar-refractivity contribution in [3.63, 3.8) is 0 Å². The van der Waals surface area contributed by atoms with E-state index >= 15 is 0 Å². The van der Waals surface area contributed by atoms with Crippen molar-refractivity contribution in [1.82, 2.24) is 14.8 Å². The molecule has 3 saturated heterocycles. The summed E-state index contributed by atoms with van der Waals surface area (Å²) in [5.74, 6) is 0. The van der Waals surface area contributed by atoms with E-state index in [1.807, 2.05) is 21.9 Å². The molecule has 0 unspecified atom stereocenters. The summed E-state index contributed by atoms with van der Waals surface area (Å²) in [7, 11) is 0. The molecule has 4 heterocycles. The SMILES string of the molecule is O=C(N1CCCC1)N1CC[C@H]2OCC[C@@]2(COCc2ccncc2)C1. The van der Waals surface area contributed by atoms with Gasteiger partial charge in [-0.3, -0.25) is 4.98 Å². The van der Waals surface area contributed by atoms with Crippen molar-refractivity contribution in [3.05, 3.63) is 30.1 Å². The molecule has 4 rings (SSSR count). The Morgan fingerprint density at radius 3 is 2.84 bits per heavy atom. The second kappa shape index (κ2) is 7.30. The highest BCUT2D eigenvalue weighted by Crippen LogP contribution is 2.41. The molecule has 0 radical (unpaired) electrons. The van der Waals surface area contributed by atoms with E-state index in [9.17, 15) is 4.79 Å². The van der Waals surface area contributed by atoms with Crippen LogP contribution in [-0.2, 0) is 16.1 Å². The van der Waals surface area contributed by atoms with E-state index in [2.05, 4.69) is 4.98 Å². The van der Waals surface area contributed by atoms with Gasteiger partial charge in [-0.1, -0.05) is 0 Å². The minimum atomic E-state index is -0.0549. The van der Waals surface area contributed by atoms with Crippen LogP contribution in [-0.4, -0.2) is 66.3 Å². The fraction of sp³-hybridized carbons (Fsp3) is 0.684. The van der Waals surface area contributed by atoms with E-state index in [1.54, 1.807) is 12.4 Å². The van der Waals surface area contributed by atoms with Gasteiger partial charge in [0.2, 0.25) is 0 Å². The largest absolute Gasteiger partial charge is 0.377 e. The number of hydrogen-bond donors (Lipinski definition) is 0. The normalized spacial score (nSPS) is 29.0. The average molecular weight is 345 g/mol. The molecule has 3 aliphatic heterocycles. The molecule has 0 N–H and O–H groups in total. The molecule has 1 aromatic heterocycles. The predicted molar refractivity (Wildman–Crippen MR) is 93.1 cm³/mol. The van der Waals surface area contributed by atoms with Crippen LogP contribution in [0.1, 0.15) is 31.2 Å². The third-order valence-electron chi connectivity index (χ3n) is 5.82. The number of hydrogen-bond acceptors (Lipinski definition) is 4. The molecule has 0 aliphatic carbocycles. The van der Waals surface area contributed by atoms with E-state index in [4.69, 9.17) is 9.47 Å². The van der Waals surface area contributed by atoms with Crippen molar-refractivity contribution in [2.45, 2.75) is 38.4 Å². The molecule has 6 nitrogen and oxygen atoms in total. The molecule has 2 atom stereocenters. The molecule has 25 heavy (non-hydrogen) atoms. The molecule has 0 saturated carbocycles. The van der Waals surface area contributed by atoms with Gasteiger partial charge in [-0.15, -0.1) is 0 Å². The quantitative estimate of drug-likeness (QED) is 0.840. The molecule has 0 bridgehead atoms. The smallest absolute Gasteiger partial charge is 0.320 e. The van der Waals surface area contributed by atoms with Crippen LogP contribution in [0.3, 0.4) is 0 Å². The van der Waals surface area contributed by atoms with Crippen LogP contribution in [0.2, 0.25) is 0 Å². The first-order chi connectivity index (χ1) is 12.3. The number of carbonyl (C=O) groups is 1. The number of fused-ring (bicyclic) bond motifs is 1. The molecule has 1 aromatic rings. The number of rotatable bonds is 4. The zero-order chi connectivity index (χ0) is 17.1. The molecule has 0 aromatic carbocycles. The third-order valence-corrected chi connectivity index (χ3v) is 5.82. The zero-order valence-corrected chi connectivity index (χ0v) is 14.7. The van der Waals surface area contributed by atoms with Gasteiger partial charge in [0, 0.05) is 50.6 Å². The Morgan fingerprint density at radius 2 is 2.04 bits per heavy atom. The number of amides is 2. The lowest BCUT2D eigenvalue weighted by Gasteiger charge is -2.44. The number of likely N-dealkylation sites (tertiary alicyclic amines) is 2. The van der Waals surface area contributed by atoms with Crippen LogP contribution in [0, 0.1) is 5.41 Å². The number of nitrogens with zero attached hydrogens (tertiary/aromatic N) is 3. The molecule has 3 fully saturated rings. The Kier molecular flexibility index (Phi) is 4.90. The standard InChI is InChI=1S/C19H27N3O3/c23-18(21-9-1-2-10-21)22-11-5-17-19(14-22,6-12-25-17)15-24-13-16-3-7-20-8-4-16/h3-4,7-8,17H,1-2,5-6,9-15H2/t17-,19+/m1/s1. The maximum absolute atomic E-state index is 12.8. The van der Waals surface area contributed by atoms with Gasteiger partial charge in [0.05, 0.1) is 19.3 Å². The summed E-state index contributed by atoms with van der Waals surface area (Å²) in [6, 6.07) is 4.16. The second-order valence-electron chi connectivity index (χ2n) is 7.51. The maximum atomic E-state index is 12.8. The van der Waals surface area contributed by atoms with E-state index in [1.165, 1.54) is 0 Å². The van der Waals surface area contributed by atoms with Gasteiger partial charge in [0.1, 0.15) is 0 Å². The molecule has 6 heteroatoms. The van der Waals surface area contributed by atoms with Crippen molar-refractivity contribution >= 4 is 6.03 Å². The summed E-state index contributed by atoms with van der Waals surface area (Å²) in [4.78, 5) is 20.9. The molecular formula is C19H27N3O3. The van der Waals surface area contributed by atoms with E-state index in [0.29, 0.717) is 13.2 Å². The van der Waals surface area contributed by atoms with Crippen molar-refractivity contribution in [2.24, 2.45) is 5.41 Å². The summed E-state index contributed by atoms with van der Waals surface area (Å²) in [6.45, 7) is 5.35. The summed E-state index contributed by atoms with van der Waals surface area (Å²) >= 11 is 0. The Hall–Kier alpha value is -1.66. The first kappa shape index (κ1) is 16.8. The monoisotopic (exact) mass is 345 g/mol. The first-order valence-electron chi connectivity index (χ1n) is 9.39. The summed E-state index contributed by atoms with van der Waals surface area (Å²) in [5, 5.41) is 0. The van der Waals surface area contributed by atoms with Crippen LogP contribution >= 0.6 is 0 Å². The van der Waals surface area contributed by atoms with Crippen molar-refractivity contribution in [3.8, 4) is 0 Å². The van der Waals surface area contributed by atoms with E-state index in [-0.39, 0.29) is 17.6 Å². The predicted octanol–water partition coefficient (Wildman–Crippen LogP) is 2.30. The van der Waals surface area contributed by atoms with Gasteiger partial charge >= 0.3 is 6.03 Å². The third kappa shape index (κ3) is 3.51. The number of piperidine rings is 1. The topological polar surface area (TPSA) is 54.9 Å². The number of carbonyl (C=O) groups excluding carboxylic acids is 1. The molecule has 3 aliphatic rings. The lowest BCUT2D eigenvalue weighted by atomic mass is 9.77. The molecular weight excluding hydrogens is 318 g/mol. The summed E-state index contributed by atoms with van der Waals surface area (Å²) in [5.41, 5.74) is 1.07. The van der Waals surface area contributed by atoms with Gasteiger partial charge in [-0.25, -0.2) is 4.79 Å². The van der Waals surface area contributed by atoms with Gasteiger partial charge in [-0.05, 0) is 43.4 Å². The molecule has 2 amide bonds.